The number of aryl methyl sites for hydroxylation is 1. The van der Waals surface area contributed by atoms with Gasteiger partial charge in [0.2, 0.25) is 0 Å². The molecule has 1 nitrogen and oxygen atoms in total. The molecule has 1 rings (SSSR count). The molecule has 0 aliphatic carbocycles. The summed E-state index contributed by atoms with van der Waals surface area (Å²) in [5.41, 5.74) is 6.52. The Bertz CT molecular complexity index is 301. The predicted octanol–water partition coefficient (Wildman–Crippen LogP) is 3.26. The molecule has 14 heavy (non-hydrogen) atoms. The molecule has 0 saturated heterocycles. The second kappa shape index (κ2) is 5.47. The lowest BCUT2D eigenvalue weighted by molar-refractivity contribution is 0.566. The molecule has 3 heteroatoms. The van der Waals surface area contributed by atoms with E-state index in [0.29, 0.717) is 6.42 Å². The van der Waals surface area contributed by atoms with Crippen LogP contribution in [0.5, 0.6) is 0 Å². The molecule has 0 aromatic heterocycles. The largest absolute Gasteiger partial charge is 0.328 e. The first kappa shape index (κ1) is 11.7. The summed E-state index contributed by atoms with van der Waals surface area (Å²) < 4.78 is 14.1. The minimum Gasteiger partial charge on any atom is -0.328 e. The maximum absolute atomic E-state index is 13.3. The minimum absolute atomic E-state index is 0.150. The van der Waals surface area contributed by atoms with E-state index in [2.05, 4.69) is 15.9 Å². The third-order valence-electron chi connectivity index (χ3n) is 2.32. The summed E-state index contributed by atoms with van der Waals surface area (Å²) in [7, 11) is 0. The minimum atomic E-state index is -0.150. The highest BCUT2D eigenvalue weighted by molar-refractivity contribution is 9.10. The Morgan fingerprint density at radius 1 is 1.50 bits per heavy atom. The molecule has 0 radical (unpaired) electrons. The number of halogens is 2. The van der Waals surface area contributed by atoms with Crippen LogP contribution in [0.15, 0.2) is 22.7 Å². The first-order chi connectivity index (χ1) is 6.63. The highest BCUT2D eigenvalue weighted by Crippen LogP contribution is 2.17. The van der Waals surface area contributed by atoms with Gasteiger partial charge in [-0.1, -0.05) is 28.9 Å². The Hall–Kier alpha value is -0.410. The highest BCUT2D eigenvalue weighted by Gasteiger charge is 2.05. The fraction of sp³-hybridized carbons (Fsp3) is 0.455. The van der Waals surface area contributed by atoms with Gasteiger partial charge in [0.05, 0.1) is 0 Å². The monoisotopic (exact) mass is 259 g/mol. The van der Waals surface area contributed by atoms with E-state index in [4.69, 9.17) is 5.73 Å². The third kappa shape index (κ3) is 3.39. The van der Waals surface area contributed by atoms with E-state index in [-0.39, 0.29) is 11.9 Å². The van der Waals surface area contributed by atoms with Crippen LogP contribution in [0.2, 0.25) is 0 Å². The highest BCUT2D eigenvalue weighted by atomic mass is 79.9. The van der Waals surface area contributed by atoms with Gasteiger partial charge in [-0.25, -0.2) is 4.39 Å². The van der Waals surface area contributed by atoms with E-state index in [9.17, 15) is 4.39 Å². The van der Waals surface area contributed by atoms with Gasteiger partial charge < -0.3 is 5.73 Å². The van der Waals surface area contributed by atoms with Gasteiger partial charge in [0.1, 0.15) is 5.82 Å². The van der Waals surface area contributed by atoms with Crippen LogP contribution in [0.3, 0.4) is 0 Å². The predicted molar refractivity (Wildman–Crippen MR) is 60.7 cm³/mol. The Balaban J connectivity index is 2.59. The van der Waals surface area contributed by atoms with Crippen molar-refractivity contribution in [3.8, 4) is 0 Å². The molecule has 1 unspecified atom stereocenters. The van der Waals surface area contributed by atoms with Crippen molar-refractivity contribution in [3.63, 3.8) is 0 Å². The molecule has 1 aromatic rings. The fourth-order valence-corrected chi connectivity index (χ4v) is 1.60. The molecule has 0 spiro atoms. The van der Waals surface area contributed by atoms with Crippen molar-refractivity contribution in [1.82, 2.24) is 0 Å². The van der Waals surface area contributed by atoms with E-state index < -0.39 is 0 Å². The maximum atomic E-state index is 13.3. The maximum Gasteiger partial charge on any atom is 0.127 e. The Morgan fingerprint density at radius 2 is 2.21 bits per heavy atom. The van der Waals surface area contributed by atoms with E-state index in [0.717, 1.165) is 22.9 Å². The topological polar surface area (TPSA) is 26.0 Å². The van der Waals surface area contributed by atoms with E-state index in [1.165, 1.54) is 6.07 Å². The lowest BCUT2D eigenvalue weighted by atomic mass is 10.0. The van der Waals surface area contributed by atoms with Gasteiger partial charge in [-0.05, 0) is 37.0 Å². The van der Waals surface area contributed by atoms with Crippen molar-refractivity contribution in [1.29, 1.82) is 0 Å². The molecular formula is C11H15BrFN. The van der Waals surface area contributed by atoms with Crippen LogP contribution in [0.4, 0.5) is 4.39 Å². The van der Waals surface area contributed by atoms with Crippen LogP contribution in [0.25, 0.3) is 0 Å². The van der Waals surface area contributed by atoms with Crippen LogP contribution in [-0.2, 0) is 6.42 Å². The van der Waals surface area contributed by atoms with Crippen molar-refractivity contribution >= 4 is 15.9 Å². The summed E-state index contributed by atoms with van der Waals surface area (Å²) in [5, 5.41) is 0. The summed E-state index contributed by atoms with van der Waals surface area (Å²) in [6, 6.07) is 5.34. The smallest absolute Gasteiger partial charge is 0.127 e. The zero-order chi connectivity index (χ0) is 10.6. The Labute approximate surface area is 92.6 Å². The number of benzene rings is 1. The average Bonchev–Trinajstić information content (AvgIpc) is 2.16. The lowest BCUT2D eigenvalue weighted by Crippen LogP contribution is -2.19. The van der Waals surface area contributed by atoms with Crippen LogP contribution in [-0.4, -0.2) is 6.04 Å². The van der Waals surface area contributed by atoms with Crippen LogP contribution in [0.1, 0.15) is 25.3 Å². The van der Waals surface area contributed by atoms with Gasteiger partial charge in [-0.3, -0.25) is 0 Å². The van der Waals surface area contributed by atoms with Gasteiger partial charge >= 0.3 is 0 Å². The molecule has 2 N–H and O–H groups in total. The van der Waals surface area contributed by atoms with Crippen molar-refractivity contribution in [2.45, 2.75) is 32.2 Å². The summed E-state index contributed by atoms with van der Waals surface area (Å²) in [6.45, 7) is 2.04. The molecule has 0 saturated carbocycles. The fourth-order valence-electron chi connectivity index (χ4n) is 1.27. The summed E-state index contributed by atoms with van der Waals surface area (Å²) in [5.74, 6) is -0.150. The SMILES string of the molecule is CCC(N)CCc1ccc(Br)cc1F. The number of hydrogen-bond donors (Lipinski definition) is 1. The van der Waals surface area contributed by atoms with E-state index in [1.54, 1.807) is 0 Å². The molecule has 0 amide bonds. The van der Waals surface area contributed by atoms with Crippen LogP contribution < -0.4 is 5.73 Å². The van der Waals surface area contributed by atoms with Gasteiger partial charge in [0.25, 0.3) is 0 Å². The second-order valence-electron chi connectivity index (χ2n) is 3.44. The van der Waals surface area contributed by atoms with Crippen molar-refractivity contribution in [2.75, 3.05) is 0 Å². The van der Waals surface area contributed by atoms with Crippen LogP contribution >= 0.6 is 15.9 Å². The lowest BCUT2D eigenvalue weighted by Gasteiger charge is -2.08. The molecular weight excluding hydrogens is 245 g/mol. The van der Waals surface area contributed by atoms with Gasteiger partial charge in [-0.2, -0.15) is 0 Å². The Kier molecular flexibility index (Phi) is 4.55. The van der Waals surface area contributed by atoms with Crippen molar-refractivity contribution < 1.29 is 4.39 Å². The molecule has 1 atom stereocenters. The number of nitrogens with two attached hydrogens (primary N) is 1. The quantitative estimate of drug-likeness (QED) is 0.883. The average molecular weight is 260 g/mol. The number of hydrogen-bond acceptors (Lipinski definition) is 1. The normalized spacial score (nSPS) is 12.9. The molecule has 0 bridgehead atoms. The first-order valence-corrected chi connectivity index (χ1v) is 5.62. The van der Waals surface area contributed by atoms with Crippen molar-refractivity contribution in [2.24, 2.45) is 5.73 Å². The first-order valence-electron chi connectivity index (χ1n) is 4.83. The summed E-state index contributed by atoms with van der Waals surface area (Å²) >= 11 is 3.23. The molecule has 78 valence electrons. The molecule has 0 aliphatic rings. The van der Waals surface area contributed by atoms with Crippen molar-refractivity contribution in [3.05, 3.63) is 34.1 Å². The molecule has 0 heterocycles. The van der Waals surface area contributed by atoms with E-state index >= 15 is 0 Å². The zero-order valence-corrected chi connectivity index (χ0v) is 9.85. The summed E-state index contributed by atoms with van der Waals surface area (Å²) in [6.07, 6.45) is 2.50. The molecule has 0 aliphatic heterocycles. The van der Waals surface area contributed by atoms with Gasteiger partial charge in [0.15, 0.2) is 0 Å². The van der Waals surface area contributed by atoms with E-state index in [1.807, 2.05) is 19.1 Å². The Morgan fingerprint density at radius 3 is 2.79 bits per heavy atom. The third-order valence-corrected chi connectivity index (χ3v) is 2.82. The second-order valence-corrected chi connectivity index (χ2v) is 4.36. The van der Waals surface area contributed by atoms with Crippen LogP contribution in [0, 0.1) is 5.82 Å². The van der Waals surface area contributed by atoms with Gasteiger partial charge in [0, 0.05) is 10.5 Å². The van der Waals surface area contributed by atoms with Gasteiger partial charge in [-0.15, -0.1) is 0 Å². The summed E-state index contributed by atoms with van der Waals surface area (Å²) in [4.78, 5) is 0. The molecule has 1 aromatic carbocycles. The standard InChI is InChI=1S/C11H15BrFN/c1-2-10(14)6-4-8-3-5-9(12)7-11(8)13/h3,5,7,10H,2,4,6,14H2,1H3. The zero-order valence-electron chi connectivity index (χ0n) is 8.26. The molecule has 0 fully saturated rings. The number of rotatable bonds is 4.